The molecule has 2 aromatic rings. The Labute approximate surface area is 136 Å². The van der Waals surface area contributed by atoms with Crippen LogP contribution in [-0.2, 0) is 19.6 Å². The van der Waals surface area contributed by atoms with E-state index in [2.05, 4.69) is 61.4 Å². The largest absolute Gasteiger partial charge is 0.310 e. The predicted molar refractivity (Wildman–Crippen MR) is 92.9 cm³/mol. The molecule has 114 valence electrons. The van der Waals surface area contributed by atoms with Crippen molar-refractivity contribution < 1.29 is 0 Å². The zero-order valence-electron chi connectivity index (χ0n) is 12.9. The molecule has 1 N–H and O–H groups in total. The van der Waals surface area contributed by atoms with Gasteiger partial charge in [0.05, 0.1) is 4.34 Å². The molecule has 2 nitrogen and oxygen atoms in total. The van der Waals surface area contributed by atoms with Gasteiger partial charge in [-0.05, 0) is 30.3 Å². The number of nitrogens with one attached hydrogen (secondary N) is 1. The Bertz CT molecular complexity index is 565. The first kappa shape index (κ1) is 16.5. The lowest BCUT2D eigenvalue weighted by molar-refractivity contribution is 0.320. The van der Waals surface area contributed by atoms with E-state index < -0.39 is 0 Å². The van der Waals surface area contributed by atoms with Gasteiger partial charge in [0, 0.05) is 30.6 Å². The maximum atomic E-state index is 5.99. The van der Waals surface area contributed by atoms with Gasteiger partial charge in [0.1, 0.15) is 0 Å². The second-order valence-corrected chi connectivity index (χ2v) is 7.48. The van der Waals surface area contributed by atoms with Crippen LogP contribution >= 0.6 is 22.9 Å². The summed E-state index contributed by atoms with van der Waals surface area (Å²) in [5.41, 5.74) is 2.76. The first-order chi connectivity index (χ1) is 10.0. The second-order valence-electron chi connectivity index (χ2n) is 5.68. The van der Waals surface area contributed by atoms with Crippen LogP contribution in [0.5, 0.6) is 0 Å². The number of thiophene rings is 1. The van der Waals surface area contributed by atoms with Crippen LogP contribution in [0.3, 0.4) is 0 Å². The van der Waals surface area contributed by atoms with Gasteiger partial charge in [-0.25, -0.2) is 0 Å². The summed E-state index contributed by atoms with van der Waals surface area (Å²) in [5, 5.41) is 3.49. The molecule has 1 aromatic carbocycles. The van der Waals surface area contributed by atoms with Crippen LogP contribution in [0.4, 0.5) is 0 Å². The number of benzene rings is 1. The van der Waals surface area contributed by atoms with Crippen molar-refractivity contribution >= 4 is 22.9 Å². The Balaban J connectivity index is 1.98. The maximum absolute atomic E-state index is 5.99. The lowest BCUT2D eigenvalue weighted by Crippen LogP contribution is -2.24. The van der Waals surface area contributed by atoms with Crippen molar-refractivity contribution in [2.75, 3.05) is 7.05 Å². The molecule has 4 heteroatoms. The van der Waals surface area contributed by atoms with E-state index in [9.17, 15) is 0 Å². The molecule has 0 fully saturated rings. The van der Waals surface area contributed by atoms with Gasteiger partial charge in [-0.2, -0.15) is 0 Å². The Kier molecular flexibility index (Phi) is 6.24. The van der Waals surface area contributed by atoms with Gasteiger partial charge in [-0.3, -0.25) is 4.90 Å². The van der Waals surface area contributed by atoms with Crippen LogP contribution in [0.15, 0.2) is 36.4 Å². The Morgan fingerprint density at radius 2 is 1.81 bits per heavy atom. The molecule has 0 aliphatic heterocycles. The number of nitrogens with zero attached hydrogens (tertiary/aromatic N) is 1. The van der Waals surface area contributed by atoms with Crippen LogP contribution < -0.4 is 5.32 Å². The number of hydrogen-bond acceptors (Lipinski definition) is 3. The van der Waals surface area contributed by atoms with E-state index in [0.29, 0.717) is 6.04 Å². The highest BCUT2D eigenvalue weighted by Crippen LogP contribution is 2.23. The average molecular weight is 323 g/mol. The minimum Gasteiger partial charge on any atom is -0.310 e. The Hall–Kier alpha value is -0.870. The second kappa shape index (κ2) is 7.95. The molecule has 1 aromatic heterocycles. The van der Waals surface area contributed by atoms with E-state index in [0.717, 1.165) is 24.0 Å². The molecule has 0 radical (unpaired) electrons. The van der Waals surface area contributed by atoms with Crippen molar-refractivity contribution in [3.05, 3.63) is 56.7 Å². The summed E-state index contributed by atoms with van der Waals surface area (Å²) in [5.74, 6) is 0. The van der Waals surface area contributed by atoms with E-state index >= 15 is 0 Å². The molecular weight excluding hydrogens is 300 g/mol. The topological polar surface area (TPSA) is 15.3 Å². The average Bonchev–Trinajstić information content (AvgIpc) is 2.83. The molecule has 0 atom stereocenters. The van der Waals surface area contributed by atoms with Gasteiger partial charge in [0.15, 0.2) is 0 Å². The van der Waals surface area contributed by atoms with Gasteiger partial charge in [0.25, 0.3) is 0 Å². The molecule has 0 aliphatic carbocycles. The SMILES string of the molecule is CC(C)NCc1ccccc1CN(C)Cc1ccc(Cl)s1. The van der Waals surface area contributed by atoms with E-state index in [1.54, 1.807) is 11.3 Å². The minimum absolute atomic E-state index is 0.504. The van der Waals surface area contributed by atoms with Crippen LogP contribution in [0.2, 0.25) is 4.34 Å². The predicted octanol–water partition coefficient (Wildman–Crippen LogP) is 4.53. The van der Waals surface area contributed by atoms with Gasteiger partial charge >= 0.3 is 0 Å². The first-order valence-corrected chi connectivity index (χ1v) is 8.47. The lowest BCUT2D eigenvalue weighted by atomic mass is 10.1. The molecule has 0 aliphatic rings. The maximum Gasteiger partial charge on any atom is 0.0931 e. The smallest absolute Gasteiger partial charge is 0.0931 e. The third-order valence-electron chi connectivity index (χ3n) is 3.31. The summed E-state index contributed by atoms with van der Waals surface area (Å²) in [7, 11) is 2.15. The van der Waals surface area contributed by atoms with E-state index in [4.69, 9.17) is 11.6 Å². The molecule has 0 saturated carbocycles. The van der Waals surface area contributed by atoms with E-state index in [-0.39, 0.29) is 0 Å². The molecule has 1 heterocycles. The molecule has 0 spiro atoms. The number of hydrogen-bond donors (Lipinski definition) is 1. The molecule has 2 rings (SSSR count). The summed E-state index contributed by atoms with van der Waals surface area (Å²) in [6.07, 6.45) is 0. The van der Waals surface area contributed by atoms with Crippen LogP contribution in [0, 0.1) is 0 Å². The molecule has 21 heavy (non-hydrogen) atoms. The standard InChI is InChI=1S/C17H23ClN2S/c1-13(2)19-10-14-6-4-5-7-15(14)11-20(3)12-16-8-9-17(18)21-16/h4-9,13,19H,10-12H2,1-3H3. The van der Waals surface area contributed by atoms with Gasteiger partial charge in [-0.1, -0.05) is 49.7 Å². The first-order valence-electron chi connectivity index (χ1n) is 7.27. The third-order valence-corrected chi connectivity index (χ3v) is 4.53. The molecule has 0 unspecified atom stereocenters. The van der Waals surface area contributed by atoms with Gasteiger partial charge in [0.2, 0.25) is 0 Å². The lowest BCUT2D eigenvalue weighted by Gasteiger charge is -2.19. The zero-order chi connectivity index (χ0) is 15.2. The highest BCUT2D eigenvalue weighted by molar-refractivity contribution is 7.16. The van der Waals surface area contributed by atoms with Crippen molar-refractivity contribution in [3.8, 4) is 0 Å². The highest BCUT2D eigenvalue weighted by atomic mass is 35.5. The van der Waals surface area contributed by atoms with Crippen molar-refractivity contribution in [2.24, 2.45) is 0 Å². The zero-order valence-corrected chi connectivity index (χ0v) is 14.5. The molecule has 0 amide bonds. The van der Waals surface area contributed by atoms with E-state index in [1.165, 1.54) is 16.0 Å². The quantitative estimate of drug-likeness (QED) is 0.805. The monoisotopic (exact) mass is 322 g/mol. The van der Waals surface area contributed by atoms with Gasteiger partial charge < -0.3 is 5.32 Å². The summed E-state index contributed by atoms with van der Waals surface area (Å²) >= 11 is 7.65. The van der Waals surface area contributed by atoms with E-state index in [1.807, 2.05) is 6.07 Å². The van der Waals surface area contributed by atoms with Gasteiger partial charge in [-0.15, -0.1) is 11.3 Å². The normalized spacial score (nSPS) is 11.5. The van der Waals surface area contributed by atoms with Crippen molar-refractivity contribution in [3.63, 3.8) is 0 Å². The number of rotatable bonds is 7. The summed E-state index contributed by atoms with van der Waals surface area (Å²) in [6.45, 7) is 7.16. The van der Waals surface area contributed by atoms with Crippen LogP contribution in [-0.4, -0.2) is 18.0 Å². The third kappa shape index (κ3) is 5.44. The van der Waals surface area contributed by atoms with Crippen LogP contribution in [0.1, 0.15) is 29.9 Å². The minimum atomic E-state index is 0.504. The summed E-state index contributed by atoms with van der Waals surface area (Å²) in [4.78, 5) is 3.64. The van der Waals surface area contributed by atoms with Crippen molar-refractivity contribution in [2.45, 2.75) is 39.5 Å². The summed E-state index contributed by atoms with van der Waals surface area (Å²) < 4.78 is 0.861. The summed E-state index contributed by atoms with van der Waals surface area (Å²) in [6, 6.07) is 13.2. The number of halogens is 1. The Morgan fingerprint density at radius 3 is 2.43 bits per heavy atom. The van der Waals surface area contributed by atoms with Crippen LogP contribution in [0.25, 0.3) is 0 Å². The highest BCUT2D eigenvalue weighted by Gasteiger charge is 2.08. The molecular formula is C17H23ClN2S. The molecule has 0 saturated heterocycles. The fourth-order valence-electron chi connectivity index (χ4n) is 2.25. The molecule has 0 bridgehead atoms. The Morgan fingerprint density at radius 1 is 1.10 bits per heavy atom. The fraction of sp³-hybridized carbons (Fsp3) is 0.412. The fourth-order valence-corrected chi connectivity index (χ4v) is 3.42. The van der Waals surface area contributed by atoms with Crippen molar-refractivity contribution in [1.29, 1.82) is 0 Å². The van der Waals surface area contributed by atoms with Crippen molar-refractivity contribution in [1.82, 2.24) is 10.2 Å².